The zero-order valence-electron chi connectivity index (χ0n) is 40.7. The molecule has 11 rings (SSSR count). The predicted molar refractivity (Wildman–Crippen MR) is 272 cm³/mol. The van der Waals surface area contributed by atoms with Crippen molar-refractivity contribution in [1.29, 1.82) is 0 Å². The van der Waals surface area contributed by atoms with Crippen molar-refractivity contribution >= 4 is 39.6 Å². The van der Waals surface area contributed by atoms with E-state index in [4.69, 9.17) is 9.90 Å². The van der Waals surface area contributed by atoms with Gasteiger partial charge in [0.1, 0.15) is 0 Å². The number of halogens is 3. The lowest BCUT2D eigenvalue weighted by Crippen LogP contribution is -2.44. The quantitative estimate of drug-likeness (QED) is 0.0706. The number of nitrogens with one attached hydrogen (secondary N) is 4. The first-order valence-corrected chi connectivity index (χ1v) is 26.5. The lowest BCUT2D eigenvalue weighted by molar-refractivity contribution is -0.192. The third-order valence-corrected chi connectivity index (χ3v) is 17.1. The van der Waals surface area contributed by atoms with E-state index in [1.165, 1.54) is 110 Å². The molecule has 10 nitrogen and oxygen atoms in total. The van der Waals surface area contributed by atoms with Gasteiger partial charge in [0.15, 0.2) is 0 Å². The van der Waals surface area contributed by atoms with E-state index in [1.54, 1.807) is 22.3 Å². The first kappa shape index (κ1) is 48.9. The van der Waals surface area contributed by atoms with Gasteiger partial charge in [0, 0.05) is 49.3 Å². The number of carboxylic acid groups (broad SMARTS) is 1. The van der Waals surface area contributed by atoms with Gasteiger partial charge in [0.2, 0.25) is 0 Å². The molecule has 4 bridgehead atoms. The highest BCUT2D eigenvalue weighted by atomic mass is 19.4. The maximum Gasteiger partial charge on any atom is 0.490 e. The summed E-state index contributed by atoms with van der Waals surface area (Å²) >= 11 is 0. The van der Waals surface area contributed by atoms with Crippen molar-refractivity contribution in [2.24, 2.45) is 11.8 Å². The molecule has 4 atom stereocenters. The maximum atomic E-state index is 13.2. The Morgan fingerprint density at radius 3 is 1.07 bits per heavy atom. The van der Waals surface area contributed by atoms with Gasteiger partial charge in [-0.25, -0.2) is 14.4 Å². The molecule has 5 aromatic rings. The minimum absolute atomic E-state index is 0.0480. The van der Waals surface area contributed by atoms with Crippen LogP contribution in [0.3, 0.4) is 0 Å². The molecule has 5 N–H and O–H groups in total. The predicted octanol–water partition coefficient (Wildman–Crippen LogP) is 12.0. The smallest absolute Gasteiger partial charge is 0.475 e. The van der Waals surface area contributed by atoms with Crippen LogP contribution >= 0.6 is 0 Å². The van der Waals surface area contributed by atoms with Gasteiger partial charge >= 0.3 is 24.2 Å². The molecular weight excluding hydrogens is 902 g/mol. The van der Waals surface area contributed by atoms with Gasteiger partial charge in [0.25, 0.3) is 0 Å². The van der Waals surface area contributed by atoms with Crippen molar-refractivity contribution in [3.05, 3.63) is 130 Å². The number of alkyl halides is 3. The summed E-state index contributed by atoms with van der Waals surface area (Å²) in [6.45, 7) is 3.55. The second-order valence-electron chi connectivity index (χ2n) is 21.1. The van der Waals surface area contributed by atoms with Crippen LogP contribution in [0, 0.1) is 11.8 Å². The largest absolute Gasteiger partial charge is 0.490 e. The Balaban J connectivity index is 0.000000776. The van der Waals surface area contributed by atoms with Gasteiger partial charge < -0.3 is 26.4 Å². The molecule has 71 heavy (non-hydrogen) atoms. The van der Waals surface area contributed by atoms with Gasteiger partial charge in [-0.3, -0.25) is 9.80 Å². The lowest BCUT2D eigenvalue weighted by Gasteiger charge is -2.31. The van der Waals surface area contributed by atoms with Crippen LogP contribution in [0.2, 0.25) is 0 Å². The van der Waals surface area contributed by atoms with Crippen molar-refractivity contribution in [2.75, 3.05) is 26.2 Å². The summed E-state index contributed by atoms with van der Waals surface area (Å²) in [6, 6.07) is 38.5. The first-order valence-electron chi connectivity index (χ1n) is 26.5. The molecule has 2 saturated heterocycles. The molecule has 4 fully saturated rings. The van der Waals surface area contributed by atoms with Crippen LogP contribution in [-0.2, 0) is 17.6 Å². The number of carbonyl (C=O) groups excluding carboxylic acids is 2. The van der Waals surface area contributed by atoms with E-state index in [2.05, 4.69) is 128 Å². The van der Waals surface area contributed by atoms with Crippen LogP contribution in [-0.4, -0.2) is 77.4 Å². The Hall–Kier alpha value is -5.66. The summed E-state index contributed by atoms with van der Waals surface area (Å²) in [5.41, 5.74) is 8.84. The molecule has 0 aromatic heterocycles. The van der Waals surface area contributed by atoms with E-state index in [1.807, 2.05) is 0 Å². The van der Waals surface area contributed by atoms with Crippen LogP contribution in [0.4, 0.5) is 22.8 Å². The van der Waals surface area contributed by atoms with Gasteiger partial charge in [-0.05, 0) is 183 Å². The zero-order valence-corrected chi connectivity index (χ0v) is 40.7. The van der Waals surface area contributed by atoms with Crippen LogP contribution in [0.25, 0.3) is 21.5 Å². The Morgan fingerprint density at radius 2 is 0.775 bits per heavy atom. The summed E-state index contributed by atoms with van der Waals surface area (Å²) < 4.78 is 31.7. The molecule has 0 radical (unpaired) electrons. The van der Waals surface area contributed by atoms with Crippen molar-refractivity contribution in [2.45, 2.75) is 145 Å². The lowest BCUT2D eigenvalue weighted by atomic mass is 9.84. The number of aliphatic carboxylic acids is 1. The highest BCUT2D eigenvalue weighted by Gasteiger charge is 2.45. The summed E-state index contributed by atoms with van der Waals surface area (Å²) in [5.74, 6) is -1.25. The fraction of sp³-hybridized carbons (Fsp3) is 0.500. The van der Waals surface area contributed by atoms with Crippen molar-refractivity contribution in [3.8, 4) is 0 Å². The molecule has 13 heteroatoms. The second-order valence-corrected chi connectivity index (χ2v) is 21.1. The average Bonchev–Trinajstić information content (AvgIpc) is 4.15. The van der Waals surface area contributed by atoms with Crippen LogP contribution < -0.4 is 21.3 Å². The van der Waals surface area contributed by atoms with Gasteiger partial charge in [-0.1, -0.05) is 97.1 Å². The van der Waals surface area contributed by atoms with Gasteiger partial charge in [-0.2, -0.15) is 13.2 Å². The number of hydrogen-bond donors (Lipinski definition) is 5. The summed E-state index contributed by atoms with van der Waals surface area (Å²) in [4.78, 5) is 40.9. The minimum Gasteiger partial charge on any atom is -0.475 e. The molecule has 2 saturated carbocycles. The molecule has 376 valence electrons. The highest BCUT2D eigenvalue weighted by molar-refractivity contribution is 6.06. The first-order chi connectivity index (χ1) is 34.5. The number of urea groups is 2. The minimum atomic E-state index is -5.08. The molecule has 4 aliphatic heterocycles. The van der Waals surface area contributed by atoms with E-state index >= 15 is 0 Å². The fourth-order valence-corrected chi connectivity index (χ4v) is 13.7. The fourth-order valence-electron chi connectivity index (χ4n) is 13.7. The Kier molecular flexibility index (Phi) is 14.9. The molecule has 5 aromatic carbocycles. The monoisotopic (exact) mass is 971 g/mol. The third kappa shape index (κ3) is 10.8. The van der Waals surface area contributed by atoms with Crippen molar-refractivity contribution in [1.82, 2.24) is 31.1 Å². The van der Waals surface area contributed by atoms with E-state index in [0.717, 1.165) is 50.4 Å². The molecule has 0 unspecified atom stereocenters. The Bertz CT molecular complexity index is 2410. The topological polar surface area (TPSA) is 126 Å². The third-order valence-electron chi connectivity index (χ3n) is 17.1. The molecular formula is C58H69F3N6O4. The van der Waals surface area contributed by atoms with Crippen LogP contribution in [0.5, 0.6) is 0 Å². The number of carbonyl (C=O) groups is 3. The summed E-state index contributed by atoms with van der Waals surface area (Å²) in [7, 11) is 0. The number of hydrogen-bond acceptors (Lipinski definition) is 5. The molecule has 6 aliphatic rings. The normalized spacial score (nSPS) is 25.6. The Labute approximate surface area is 415 Å². The number of fused-ring (bicyclic) bond motifs is 12. The average molecular weight is 971 g/mol. The highest BCUT2D eigenvalue weighted by Crippen LogP contribution is 2.54. The molecule has 2 aliphatic carbocycles. The Morgan fingerprint density at radius 1 is 0.479 bits per heavy atom. The standard InChI is InChI=1S/C56H68N6O2.C2HF3O2/c63-55(59-39-21-17-37(18-22-39)31-35-61-51-25-26-52(61)48-14-6-5-13-47(48)51)57-33-29-45-41-9-1-2-10-42(41)46(44-12-4-3-11-43(44)45)30-34-58-56(64)60-40-23-19-38(20-24-40)32-36-62-53-27-28-54(62)50-16-8-7-15-49(50)53;3-2(4,5)1(6)7/h1-16,37-40,51-54H,17-36H2,(H2,57,59,63)(H2,58,60,64);(H,6,7)/t37?,38?,39?,40?,51-,52+,53-,54+;. The van der Waals surface area contributed by atoms with Crippen molar-refractivity contribution in [3.63, 3.8) is 0 Å². The van der Waals surface area contributed by atoms with Crippen molar-refractivity contribution < 1.29 is 32.7 Å². The number of rotatable bonds is 14. The van der Waals surface area contributed by atoms with Crippen LogP contribution in [0.1, 0.15) is 147 Å². The van der Waals surface area contributed by atoms with Crippen LogP contribution in [0.15, 0.2) is 97.1 Å². The number of benzene rings is 5. The number of nitrogens with zero attached hydrogens (tertiary/aromatic N) is 2. The number of carboxylic acids is 1. The maximum absolute atomic E-state index is 13.2. The second kappa shape index (κ2) is 21.6. The van der Waals surface area contributed by atoms with Gasteiger partial charge in [-0.15, -0.1) is 0 Å². The molecule has 4 amide bonds. The zero-order chi connectivity index (χ0) is 49.1. The molecule has 0 spiro atoms. The SMILES string of the molecule is O=C(NCCc1c2ccccc2c(CCNC(=O)NC2CCC(CCN3[C@@H]4CC[C@H]3c3ccccc34)CC2)c2ccccc12)NC1CCC(CCN2[C@@H]3CC[C@H]2c2ccccc23)CC1.O=C(O)C(F)(F)F. The summed E-state index contributed by atoms with van der Waals surface area (Å²) in [5, 5.41) is 25.1. The van der Waals surface area contributed by atoms with E-state index in [9.17, 15) is 22.8 Å². The van der Waals surface area contributed by atoms with Gasteiger partial charge in [0.05, 0.1) is 0 Å². The molecule has 4 heterocycles. The van der Waals surface area contributed by atoms with E-state index in [0.29, 0.717) is 37.3 Å². The summed E-state index contributed by atoms with van der Waals surface area (Å²) in [6.07, 6.45) is 13.2. The number of amides is 4. The van der Waals surface area contributed by atoms with E-state index in [-0.39, 0.29) is 24.1 Å². The van der Waals surface area contributed by atoms with E-state index < -0.39 is 12.1 Å².